The average molecular weight is 208 g/mol. The Balaban J connectivity index is 1.60. The predicted octanol–water partition coefficient (Wildman–Crippen LogP) is 0.997. The van der Waals surface area contributed by atoms with Gasteiger partial charge in [-0.3, -0.25) is 4.79 Å². The van der Waals surface area contributed by atoms with Crippen LogP contribution in [0.1, 0.15) is 32.1 Å². The first-order chi connectivity index (χ1) is 7.34. The fourth-order valence-electron chi connectivity index (χ4n) is 3.15. The van der Waals surface area contributed by atoms with Crippen LogP contribution in [0.5, 0.6) is 0 Å². The van der Waals surface area contributed by atoms with E-state index < -0.39 is 0 Å². The highest BCUT2D eigenvalue weighted by Gasteiger charge is 2.37. The van der Waals surface area contributed by atoms with Crippen molar-refractivity contribution in [3.63, 3.8) is 0 Å². The molecular weight excluding hydrogens is 188 g/mol. The number of rotatable bonds is 1. The zero-order valence-corrected chi connectivity index (χ0v) is 9.24. The molecule has 3 rings (SSSR count). The van der Waals surface area contributed by atoms with E-state index in [1.807, 2.05) is 0 Å². The molecule has 1 aliphatic carbocycles. The van der Waals surface area contributed by atoms with Crippen molar-refractivity contribution in [2.45, 2.75) is 38.1 Å². The molecule has 1 saturated carbocycles. The molecule has 3 heteroatoms. The number of nitrogens with one attached hydrogen (secondary N) is 1. The van der Waals surface area contributed by atoms with Gasteiger partial charge in [-0.05, 0) is 38.1 Å². The van der Waals surface area contributed by atoms with Gasteiger partial charge in [0.2, 0.25) is 5.91 Å². The molecule has 2 aliphatic heterocycles. The number of carbonyl (C=O) groups excluding carboxylic acids is 1. The Morgan fingerprint density at radius 2 is 2.07 bits per heavy atom. The summed E-state index contributed by atoms with van der Waals surface area (Å²) in [5, 5.41) is 3.52. The number of hydrogen-bond acceptors (Lipinski definition) is 2. The monoisotopic (exact) mass is 208 g/mol. The third kappa shape index (κ3) is 1.67. The van der Waals surface area contributed by atoms with E-state index in [0.717, 1.165) is 38.4 Å². The Morgan fingerprint density at radius 3 is 2.80 bits per heavy atom. The standard InChI is InChI=1S/C12H20N2O/c15-12(10-2-1-3-10)14-7-5-9-4-6-13-11(9)8-14/h9-11,13H,1-8H2/t9-,11+/m0/s1. The van der Waals surface area contributed by atoms with Crippen LogP contribution in [0.4, 0.5) is 0 Å². The number of likely N-dealkylation sites (tertiary alicyclic amines) is 1. The third-order valence-electron chi connectivity index (χ3n) is 4.44. The van der Waals surface area contributed by atoms with Gasteiger partial charge in [0.15, 0.2) is 0 Å². The van der Waals surface area contributed by atoms with Gasteiger partial charge in [-0.2, -0.15) is 0 Å². The summed E-state index contributed by atoms with van der Waals surface area (Å²) in [6.07, 6.45) is 6.06. The summed E-state index contributed by atoms with van der Waals surface area (Å²) >= 11 is 0. The van der Waals surface area contributed by atoms with Gasteiger partial charge >= 0.3 is 0 Å². The zero-order valence-electron chi connectivity index (χ0n) is 9.24. The summed E-state index contributed by atoms with van der Waals surface area (Å²) < 4.78 is 0. The van der Waals surface area contributed by atoms with Crippen LogP contribution in [0.3, 0.4) is 0 Å². The van der Waals surface area contributed by atoms with E-state index in [-0.39, 0.29) is 0 Å². The van der Waals surface area contributed by atoms with E-state index in [4.69, 9.17) is 0 Å². The molecule has 3 nitrogen and oxygen atoms in total. The van der Waals surface area contributed by atoms with Crippen molar-refractivity contribution < 1.29 is 4.79 Å². The minimum absolute atomic E-state index is 0.378. The molecule has 1 amide bonds. The van der Waals surface area contributed by atoms with Crippen LogP contribution in [0.15, 0.2) is 0 Å². The third-order valence-corrected chi connectivity index (χ3v) is 4.44. The molecule has 0 aromatic heterocycles. The van der Waals surface area contributed by atoms with Crippen LogP contribution < -0.4 is 5.32 Å². The number of piperidine rings is 1. The first-order valence-corrected chi connectivity index (χ1v) is 6.37. The molecule has 0 aromatic rings. The topological polar surface area (TPSA) is 32.3 Å². The first-order valence-electron chi connectivity index (χ1n) is 6.37. The van der Waals surface area contributed by atoms with Gasteiger partial charge < -0.3 is 10.2 Å². The predicted molar refractivity (Wildman–Crippen MR) is 58.4 cm³/mol. The van der Waals surface area contributed by atoms with E-state index in [9.17, 15) is 4.79 Å². The van der Waals surface area contributed by atoms with Crippen molar-refractivity contribution >= 4 is 5.91 Å². The lowest BCUT2D eigenvalue weighted by atomic mass is 9.83. The summed E-state index contributed by atoms with van der Waals surface area (Å²) in [5.74, 6) is 1.66. The Kier molecular flexibility index (Phi) is 2.43. The SMILES string of the molecule is O=C(C1CCC1)N1CC[C@@H]2CCN[C@@H]2C1. The number of carbonyl (C=O) groups is 1. The van der Waals surface area contributed by atoms with Crippen LogP contribution in [-0.4, -0.2) is 36.5 Å². The van der Waals surface area contributed by atoms with Crippen LogP contribution in [0.2, 0.25) is 0 Å². The molecule has 3 fully saturated rings. The summed E-state index contributed by atoms with van der Waals surface area (Å²) in [7, 11) is 0. The Hall–Kier alpha value is -0.570. The van der Waals surface area contributed by atoms with E-state index in [1.165, 1.54) is 19.3 Å². The van der Waals surface area contributed by atoms with E-state index in [0.29, 0.717) is 17.9 Å². The molecule has 0 unspecified atom stereocenters. The zero-order chi connectivity index (χ0) is 10.3. The lowest BCUT2D eigenvalue weighted by Crippen LogP contribution is -2.51. The van der Waals surface area contributed by atoms with Crippen molar-refractivity contribution in [3.8, 4) is 0 Å². The van der Waals surface area contributed by atoms with Crippen molar-refractivity contribution in [3.05, 3.63) is 0 Å². The van der Waals surface area contributed by atoms with E-state index >= 15 is 0 Å². The highest BCUT2D eigenvalue weighted by Crippen LogP contribution is 2.31. The lowest BCUT2D eigenvalue weighted by molar-refractivity contribution is -0.139. The first kappa shape index (κ1) is 9.64. The number of nitrogens with zero attached hydrogens (tertiary/aromatic N) is 1. The largest absolute Gasteiger partial charge is 0.341 e. The Bertz CT molecular complexity index is 262. The molecule has 2 heterocycles. The molecule has 84 valence electrons. The number of fused-ring (bicyclic) bond motifs is 1. The van der Waals surface area contributed by atoms with Gasteiger partial charge in [0.25, 0.3) is 0 Å². The Labute approximate surface area is 91.2 Å². The van der Waals surface area contributed by atoms with Crippen LogP contribution in [-0.2, 0) is 4.79 Å². The van der Waals surface area contributed by atoms with Crippen molar-refractivity contribution in [2.75, 3.05) is 19.6 Å². The fourth-order valence-corrected chi connectivity index (χ4v) is 3.15. The average Bonchev–Trinajstić information content (AvgIpc) is 2.61. The fraction of sp³-hybridized carbons (Fsp3) is 0.917. The second-order valence-electron chi connectivity index (χ2n) is 5.31. The molecule has 2 saturated heterocycles. The maximum absolute atomic E-state index is 12.1. The molecule has 3 aliphatic rings. The molecule has 2 atom stereocenters. The maximum atomic E-state index is 12.1. The van der Waals surface area contributed by atoms with Gasteiger partial charge in [-0.1, -0.05) is 6.42 Å². The summed E-state index contributed by atoms with van der Waals surface area (Å²) in [5.41, 5.74) is 0. The summed E-state index contributed by atoms with van der Waals surface area (Å²) in [6.45, 7) is 3.14. The summed E-state index contributed by atoms with van der Waals surface area (Å²) in [4.78, 5) is 14.2. The van der Waals surface area contributed by atoms with Crippen molar-refractivity contribution in [2.24, 2.45) is 11.8 Å². The quantitative estimate of drug-likeness (QED) is 0.697. The van der Waals surface area contributed by atoms with Gasteiger partial charge in [-0.15, -0.1) is 0 Å². The normalized spacial score (nSPS) is 36.1. The number of hydrogen-bond donors (Lipinski definition) is 1. The number of amides is 1. The molecule has 0 bridgehead atoms. The van der Waals surface area contributed by atoms with E-state index in [1.54, 1.807) is 0 Å². The summed E-state index contributed by atoms with van der Waals surface area (Å²) in [6, 6.07) is 0.600. The maximum Gasteiger partial charge on any atom is 0.225 e. The van der Waals surface area contributed by atoms with Crippen LogP contribution in [0, 0.1) is 11.8 Å². The molecule has 15 heavy (non-hydrogen) atoms. The van der Waals surface area contributed by atoms with Crippen LogP contribution >= 0.6 is 0 Å². The van der Waals surface area contributed by atoms with E-state index in [2.05, 4.69) is 10.2 Å². The van der Waals surface area contributed by atoms with Crippen molar-refractivity contribution in [1.29, 1.82) is 0 Å². The molecule has 0 radical (unpaired) electrons. The molecular formula is C12H20N2O. The minimum Gasteiger partial charge on any atom is -0.341 e. The van der Waals surface area contributed by atoms with Crippen molar-refractivity contribution in [1.82, 2.24) is 10.2 Å². The molecule has 0 aromatic carbocycles. The van der Waals surface area contributed by atoms with Gasteiger partial charge in [0.05, 0.1) is 0 Å². The van der Waals surface area contributed by atoms with Gasteiger partial charge in [0, 0.05) is 25.0 Å². The lowest BCUT2D eigenvalue weighted by Gasteiger charge is -2.38. The molecule has 0 spiro atoms. The Morgan fingerprint density at radius 1 is 1.20 bits per heavy atom. The highest BCUT2D eigenvalue weighted by molar-refractivity contribution is 5.79. The second kappa shape index (κ2) is 3.78. The van der Waals surface area contributed by atoms with Gasteiger partial charge in [0.1, 0.15) is 0 Å². The van der Waals surface area contributed by atoms with Gasteiger partial charge in [-0.25, -0.2) is 0 Å². The minimum atomic E-state index is 0.378. The highest BCUT2D eigenvalue weighted by atomic mass is 16.2. The van der Waals surface area contributed by atoms with Crippen LogP contribution in [0.25, 0.3) is 0 Å². The molecule has 1 N–H and O–H groups in total. The smallest absolute Gasteiger partial charge is 0.225 e. The second-order valence-corrected chi connectivity index (χ2v) is 5.31.